The smallest absolute Gasteiger partial charge is 0.239 e. The molecule has 0 fully saturated rings. The van der Waals surface area contributed by atoms with E-state index in [0.717, 1.165) is 25.7 Å². The molecule has 0 heterocycles. The summed E-state index contributed by atoms with van der Waals surface area (Å²) in [7, 11) is 1.86. The fraction of sp³-hybridized carbons (Fsp3) is 0.909. The van der Waals surface area contributed by atoms with Gasteiger partial charge in [-0.2, -0.15) is 0 Å². The van der Waals surface area contributed by atoms with Gasteiger partial charge in [0.2, 0.25) is 5.91 Å². The van der Waals surface area contributed by atoms with E-state index in [0.29, 0.717) is 6.04 Å². The number of carbonyl (C=O) groups excluding carboxylic acids is 1. The van der Waals surface area contributed by atoms with Crippen LogP contribution in [-0.4, -0.2) is 29.9 Å². The molecule has 0 rings (SSSR count). The van der Waals surface area contributed by atoms with Crippen LogP contribution in [0.2, 0.25) is 0 Å². The minimum Gasteiger partial charge on any atom is -0.341 e. The van der Waals surface area contributed by atoms with Crippen LogP contribution >= 0.6 is 0 Å². The number of carbonyl (C=O) groups is 1. The summed E-state index contributed by atoms with van der Waals surface area (Å²) >= 11 is 0. The molecule has 0 aromatic rings. The maximum atomic E-state index is 11.8. The van der Waals surface area contributed by atoms with Crippen molar-refractivity contribution >= 4 is 5.91 Å². The van der Waals surface area contributed by atoms with Gasteiger partial charge in [-0.25, -0.2) is 0 Å². The van der Waals surface area contributed by atoms with Crippen molar-refractivity contribution in [1.29, 1.82) is 0 Å². The molecule has 0 radical (unpaired) electrons. The standard InChI is InChI=1S/C11H24N2O/c1-5-8-10(12)11(14)13(4)9(6-2)7-3/h9-10H,5-8,12H2,1-4H3. The van der Waals surface area contributed by atoms with Gasteiger partial charge in [-0.15, -0.1) is 0 Å². The molecule has 3 nitrogen and oxygen atoms in total. The van der Waals surface area contributed by atoms with Crippen molar-refractivity contribution in [2.45, 2.75) is 58.5 Å². The van der Waals surface area contributed by atoms with Crippen molar-refractivity contribution in [2.24, 2.45) is 5.73 Å². The van der Waals surface area contributed by atoms with E-state index in [2.05, 4.69) is 13.8 Å². The molecule has 0 aliphatic carbocycles. The maximum Gasteiger partial charge on any atom is 0.239 e. The van der Waals surface area contributed by atoms with Crippen LogP contribution in [0.25, 0.3) is 0 Å². The molecule has 0 aliphatic rings. The van der Waals surface area contributed by atoms with Crippen LogP contribution < -0.4 is 5.73 Å². The highest BCUT2D eigenvalue weighted by atomic mass is 16.2. The van der Waals surface area contributed by atoms with E-state index >= 15 is 0 Å². The number of hydrogen-bond acceptors (Lipinski definition) is 2. The molecule has 1 amide bonds. The first-order valence-electron chi connectivity index (χ1n) is 5.60. The third-order valence-electron chi connectivity index (χ3n) is 2.75. The summed E-state index contributed by atoms with van der Waals surface area (Å²) in [5.41, 5.74) is 5.78. The molecule has 0 spiro atoms. The number of hydrogen-bond donors (Lipinski definition) is 1. The van der Waals surface area contributed by atoms with Gasteiger partial charge in [0.1, 0.15) is 0 Å². The normalized spacial score (nSPS) is 13.0. The maximum absolute atomic E-state index is 11.8. The van der Waals surface area contributed by atoms with E-state index < -0.39 is 0 Å². The molecule has 0 bridgehead atoms. The lowest BCUT2D eigenvalue weighted by Crippen LogP contribution is -2.46. The Morgan fingerprint density at radius 1 is 1.29 bits per heavy atom. The SMILES string of the molecule is CCCC(N)C(=O)N(C)C(CC)CC. The van der Waals surface area contributed by atoms with E-state index in [1.54, 1.807) is 4.90 Å². The molecule has 0 aromatic carbocycles. The Morgan fingerprint density at radius 2 is 1.79 bits per heavy atom. The van der Waals surface area contributed by atoms with Gasteiger partial charge in [0.15, 0.2) is 0 Å². The van der Waals surface area contributed by atoms with Crippen LogP contribution in [0.1, 0.15) is 46.5 Å². The Morgan fingerprint density at radius 3 is 2.14 bits per heavy atom. The predicted octanol–water partition coefficient (Wildman–Crippen LogP) is 1.76. The van der Waals surface area contributed by atoms with Crippen molar-refractivity contribution in [2.75, 3.05) is 7.05 Å². The van der Waals surface area contributed by atoms with Gasteiger partial charge in [0.05, 0.1) is 6.04 Å². The monoisotopic (exact) mass is 200 g/mol. The Labute approximate surface area is 87.6 Å². The molecule has 0 aliphatic heterocycles. The van der Waals surface area contributed by atoms with Gasteiger partial charge in [-0.1, -0.05) is 27.2 Å². The first-order chi connectivity index (χ1) is 6.58. The summed E-state index contributed by atoms with van der Waals surface area (Å²) < 4.78 is 0. The molecule has 3 heteroatoms. The minimum atomic E-state index is -0.314. The molecular weight excluding hydrogens is 176 g/mol. The lowest BCUT2D eigenvalue weighted by Gasteiger charge is -2.28. The van der Waals surface area contributed by atoms with E-state index in [4.69, 9.17) is 5.73 Å². The van der Waals surface area contributed by atoms with Crippen LogP contribution in [-0.2, 0) is 4.79 Å². The summed E-state index contributed by atoms with van der Waals surface area (Å²) in [6, 6.07) is 0.0241. The van der Waals surface area contributed by atoms with Gasteiger partial charge < -0.3 is 10.6 Å². The van der Waals surface area contributed by atoms with Crippen molar-refractivity contribution in [3.8, 4) is 0 Å². The fourth-order valence-electron chi connectivity index (χ4n) is 1.71. The summed E-state index contributed by atoms with van der Waals surface area (Å²) in [5.74, 6) is 0.0838. The molecule has 14 heavy (non-hydrogen) atoms. The third kappa shape index (κ3) is 3.66. The topological polar surface area (TPSA) is 46.3 Å². The molecule has 1 atom stereocenters. The second-order valence-corrected chi connectivity index (χ2v) is 3.81. The van der Waals surface area contributed by atoms with Crippen LogP contribution in [0.4, 0.5) is 0 Å². The second kappa shape index (κ2) is 6.82. The van der Waals surface area contributed by atoms with Crippen LogP contribution in [0.3, 0.4) is 0 Å². The lowest BCUT2D eigenvalue weighted by molar-refractivity contribution is -0.133. The van der Waals surface area contributed by atoms with Crippen LogP contribution in [0, 0.1) is 0 Å². The molecule has 84 valence electrons. The van der Waals surface area contributed by atoms with Crippen molar-refractivity contribution < 1.29 is 4.79 Å². The Balaban J connectivity index is 4.21. The van der Waals surface area contributed by atoms with Gasteiger partial charge in [0.25, 0.3) is 0 Å². The molecule has 2 N–H and O–H groups in total. The number of amides is 1. The zero-order valence-electron chi connectivity index (χ0n) is 9.92. The highest BCUT2D eigenvalue weighted by molar-refractivity contribution is 5.81. The number of rotatable bonds is 6. The first kappa shape index (κ1) is 13.4. The summed E-state index contributed by atoms with van der Waals surface area (Å²) in [4.78, 5) is 13.6. The molecule has 1 unspecified atom stereocenters. The molecular formula is C11H24N2O. The predicted molar refractivity (Wildman–Crippen MR) is 60.0 cm³/mol. The van der Waals surface area contributed by atoms with Crippen molar-refractivity contribution in [3.05, 3.63) is 0 Å². The number of likely N-dealkylation sites (N-methyl/N-ethyl adjacent to an activating group) is 1. The fourth-order valence-corrected chi connectivity index (χ4v) is 1.71. The lowest BCUT2D eigenvalue weighted by atomic mass is 10.1. The van der Waals surface area contributed by atoms with Crippen LogP contribution in [0.5, 0.6) is 0 Å². The van der Waals surface area contributed by atoms with Gasteiger partial charge in [-0.3, -0.25) is 4.79 Å². The summed E-state index contributed by atoms with van der Waals surface area (Å²) in [6.07, 6.45) is 3.74. The Bertz CT molecular complexity index is 167. The summed E-state index contributed by atoms with van der Waals surface area (Å²) in [6.45, 7) is 6.25. The highest BCUT2D eigenvalue weighted by Crippen LogP contribution is 2.08. The highest BCUT2D eigenvalue weighted by Gasteiger charge is 2.21. The molecule has 0 aromatic heterocycles. The largest absolute Gasteiger partial charge is 0.341 e. The minimum absolute atomic E-state index is 0.0838. The van der Waals surface area contributed by atoms with Crippen molar-refractivity contribution in [1.82, 2.24) is 4.90 Å². The van der Waals surface area contributed by atoms with E-state index in [9.17, 15) is 4.79 Å². The average molecular weight is 200 g/mol. The van der Waals surface area contributed by atoms with Crippen molar-refractivity contribution in [3.63, 3.8) is 0 Å². The molecule has 0 saturated heterocycles. The average Bonchev–Trinajstić information content (AvgIpc) is 2.18. The number of nitrogens with zero attached hydrogens (tertiary/aromatic N) is 1. The van der Waals surface area contributed by atoms with E-state index in [-0.39, 0.29) is 11.9 Å². The third-order valence-corrected chi connectivity index (χ3v) is 2.75. The van der Waals surface area contributed by atoms with E-state index in [1.807, 2.05) is 14.0 Å². The van der Waals surface area contributed by atoms with Crippen LogP contribution in [0.15, 0.2) is 0 Å². The molecule has 0 saturated carbocycles. The Kier molecular flexibility index (Phi) is 6.54. The first-order valence-corrected chi connectivity index (χ1v) is 5.60. The van der Waals surface area contributed by atoms with Gasteiger partial charge >= 0.3 is 0 Å². The second-order valence-electron chi connectivity index (χ2n) is 3.81. The Hall–Kier alpha value is -0.570. The summed E-state index contributed by atoms with van der Waals surface area (Å²) in [5, 5.41) is 0. The zero-order chi connectivity index (χ0) is 11.1. The quantitative estimate of drug-likeness (QED) is 0.710. The van der Waals surface area contributed by atoms with Gasteiger partial charge in [-0.05, 0) is 19.3 Å². The van der Waals surface area contributed by atoms with Gasteiger partial charge in [0, 0.05) is 13.1 Å². The zero-order valence-corrected chi connectivity index (χ0v) is 9.92. The number of nitrogens with two attached hydrogens (primary N) is 1. The van der Waals surface area contributed by atoms with E-state index in [1.165, 1.54) is 0 Å².